The summed E-state index contributed by atoms with van der Waals surface area (Å²) >= 11 is 0. The third-order valence-electron chi connectivity index (χ3n) is 1.63. The van der Waals surface area contributed by atoms with Crippen molar-refractivity contribution in [2.24, 2.45) is 0 Å². The summed E-state index contributed by atoms with van der Waals surface area (Å²) < 4.78 is 5.65. The molecule has 0 atom stereocenters. The van der Waals surface area contributed by atoms with Crippen molar-refractivity contribution in [1.82, 2.24) is 9.78 Å². The standard InChI is InChI=1S/C8H8N4O4/c1-2-16-7(13)5-11-4-6(3-9)8(10-11)12(14)15/h4H,2,5H2,1H3. The molecule has 0 N–H and O–H groups in total. The Balaban J connectivity index is 2.88. The number of nitro groups is 1. The van der Waals surface area contributed by atoms with E-state index >= 15 is 0 Å². The summed E-state index contributed by atoms with van der Waals surface area (Å²) in [7, 11) is 0. The van der Waals surface area contributed by atoms with Gasteiger partial charge in [0.05, 0.1) is 17.9 Å². The van der Waals surface area contributed by atoms with Crippen LogP contribution < -0.4 is 0 Å². The summed E-state index contributed by atoms with van der Waals surface area (Å²) in [5.41, 5.74) is -0.186. The zero-order valence-electron chi connectivity index (χ0n) is 8.41. The fourth-order valence-corrected chi connectivity index (χ4v) is 1.04. The van der Waals surface area contributed by atoms with Crippen LogP contribution in [0.4, 0.5) is 5.82 Å². The maximum absolute atomic E-state index is 11.1. The van der Waals surface area contributed by atoms with Crippen molar-refractivity contribution >= 4 is 11.8 Å². The van der Waals surface area contributed by atoms with Gasteiger partial charge in [-0.2, -0.15) is 9.94 Å². The van der Waals surface area contributed by atoms with Gasteiger partial charge < -0.3 is 14.9 Å². The predicted octanol–water partition coefficient (Wildman–Crippen LogP) is 0.226. The van der Waals surface area contributed by atoms with E-state index in [0.717, 1.165) is 10.9 Å². The van der Waals surface area contributed by atoms with Crippen molar-refractivity contribution in [2.45, 2.75) is 13.5 Å². The summed E-state index contributed by atoms with van der Waals surface area (Å²) in [5, 5.41) is 22.6. The molecule has 0 unspecified atom stereocenters. The minimum Gasteiger partial charge on any atom is -0.465 e. The first-order valence-corrected chi connectivity index (χ1v) is 4.36. The van der Waals surface area contributed by atoms with Crippen LogP contribution in [0.25, 0.3) is 0 Å². The molecule has 0 aliphatic carbocycles. The predicted molar refractivity (Wildman–Crippen MR) is 50.2 cm³/mol. The normalized spacial score (nSPS) is 9.50. The van der Waals surface area contributed by atoms with E-state index in [4.69, 9.17) is 5.26 Å². The molecule has 0 aromatic carbocycles. The number of rotatable bonds is 4. The first-order valence-electron chi connectivity index (χ1n) is 4.36. The second kappa shape index (κ2) is 4.88. The molecule has 1 aromatic heterocycles. The molecule has 0 radical (unpaired) electrons. The Morgan fingerprint density at radius 1 is 1.81 bits per heavy atom. The molecule has 1 heterocycles. The van der Waals surface area contributed by atoms with Gasteiger partial charge in [-0.25, -0.2) is 4.79 Å². The van der Waals surface area contributed by atoms with Crippen molar-refractivity contribution in [1.29, 1.82) is 5.26 Å². The zero-order chi connectivity index (χ0) is 12.1. The molecular weight excluding hydrogens is 216 g/mol. The highest BCUT2D eigenvalue weighted by Gasteiger charge is 2.21. The first kappa shape index (κ1) is 11.6. The van der Waals surface area contributed by atoms with Gasteiger partial charge in [-0.15, -0.1) is 0 Å². The van der Waals surface area contributed by atoms with Gasteiger partial charge in [0.25, 0.3) is 0 Å². The number of hydrogen-bond acceptors (Lipinski definition) is 6. The van der Waals surface area contributed by atoms with E-state index in [1.807, 2.05) is 0 Å². The number of carbonyl (C=O) groups excluding carboxylic acids is 1. The highest BCUT2D eigenvalue weighted by molar-refractivity contribution is 5.69. The average molecular weight is 224 g/mol. The third kappa shape index (κ3) is 2.54. The van der Waals surface area contributed by atoms with Crippen molar-refractivity contribution < 1.29 is 14.5 Å². The molecule has 0 spiro atoms. The van der Waals surface area contributed by atoms with Crippen LogP contribution in [-0.2, 0) is 16.1 Å². The number of ether oxygens (including phenoxy) is 1. The minimum absolute atomic E-state index is 0.186. The molecule has 8 heteroatoms. The maximum atomic E-state index is 11.1. The van der Waals surface area contributed by atoms with Gasteiger partial charge >= 0.3 is 11.8 Å². The van der Waals surface area contributed by atoms with E-state index in [1.165, 1.54) is 0 Å². The lowest BCUT2D eigenvalue weighted by Gasteiger charge is -1.97. The lowest BCUT2D eigenvalue weighted by atomic mass is 10.4. The van der Waals surface area contributed by atoms with Gasteiger partial charge in [0.15, 0.2) is 12.1 Å². The molecule has 0 aliphatic rings. The average Bonchev–Trinajstić information content (AvgIpc) is 2.61. The lowest BCUT2D eigenvalue weighted by Crippen LogP contribution is -2.13. The Hall–Kier alpha value is -2.43. The first-order chi connectivity index (χ1) is 7.58. The highest BCUT2D eigenvalue weighted by Crippen LogP contribution is 2.13. The molecule has 0 amide bonds. The number of carbonyl (C=O) groups is 1. The van der Waals surface area contributed by atoms with Crippen LogP contribution in [-0.4, -0.2) is 27.3 Å². The highest BCUT2D eigenvalue weighted by atomic mass is 16.6. The molecule has 1 aromatic rings. The quantitative estimate of drug-likeness (QED) is 0.411. The number of aromatic nitrogens is 2. The van der Waals surface area contributed by atoms with E-state index in [9.17, 15) is 14.9 Å². The van der Waals surface area contributed by atoms with Crippen LogP contribution >= 0.6 is 0 Å². The third-order valence-corrected chi connectivity index (χ3v) is 1.63. The second-order valence-electron chi connectivity index (χ2n) is 2.74. The topological polar surface area (TPSA) is 111 Å². The Bertz CT molecular complexity index is 459. The Morgan fingerprint density at radius 2 is 2.50 bits per heavy atom. The van der Waals surface area contributed by atoms with Crippen LogP contribution in [0.15, 0.2) is 6.20 Å². The molecule has 0 saturated carbocycles. The van der Waals surface area contributed by atoms with Crippen LogP contribution in [0.1, 0.15) is 12.5 Å². The molecule has 8 nitrogen and oxygen atoms in total. The summed E-state index contributed by atoms with van der Waals surface area (Å²) in [4.78, 5) is 20.7. The fraction of sp³-hybridized carbons (Fsp3) is 0.375. The molecule has 1 rings (SSSR count). The van der Waals surface area contributed by atoms with Gasteiger partial charge in [-0.3, -0.25) is 0 Å². The van der Waals surface area contributed by atoms with Crippen molar-refractivity contribution in [2.75, 3.05) is 6.61 Å². The van der Waals surface area contributed by atoms with Crippen LogP contribution in [0.3, 0.4) is 0 Å². The Labute approximate surface area is 90.2 Å². The fourth-order valence-electron chi connectivity index (χ4n) is 1.04. The smallest absolute Gasteiger partial charge is 0.407 e. The molecule has 16 heavy (non-hydrogen) atoms. The molecule has 0 aliphatic heterocycles. The van der Waals surface area contributed by atoms with E-state index in [-0.39, 0.29) is 18.7 Å². The Morgan fingerprint density at radius 3 is 2.94 bits per heavy atom. The zero-order valence-corrected chi connectivity index (χ0v) is 8.41. The summed E-state index contributed by atoms with van der Waals surface area (Å²) in [6, 6.07) is 1.63. The van der Waals surface area contributed by atoms with Gasteiger partial charge in [0, 0.05) is 0 Å². The molecule has 0 bridgehead atoms. The number of hydrogen-bond donors (Lipinski definition) is 0. The Kier molecular flexibility index (Phi) is 3.55. The molecule has 0 saturated heterocycles. The largest absolute Gasteiger partial charge is 0.465 e. The van der Waals surface area contributed by atoms with E-state index in [0.29, 0.717) is 0 Å². The monoisotopic (exact) mass is 224 g/mol. The van der Waals surface area contributed by atoms with Crippen molar-refractivity contribution in [3.8, 4) is 6.07 Å². The van der Waals surface area contributed by atoms with Gasteiger partial charge in [-0.05, 0) is 11.8 Å². The molecular formula is C8H8N4O4. The summed E-state index contributed by atoms with van der Waals surface area (Å²) in [6.45, 7) is 1.60. The van der Waals surface area contributed by atoms with Crippen molar-refractivity contribution in [3.05, 3.63) is 21.9 Å². The van der Waals surface area contributed by atoms with Gasteiger partial charge in [-0.1, -0.05) is 0 Å². The summed E-state index contributed by atoms with van der Waals surface area (Å²) in [5.74, 6) is -1.13. The van der Waals surface area contributed by atoms with Crippen LogP contribution in [0.2, 0.25) is 0 Å². The summed E-state index contributed by atoms with van der Waals surface area (Å²) in [6.07, 6.45) is 1.13. The van der Waals surface area contributed by atoms with Crippen LogP contribution in [0, 0.1) is 21.4 Å². The molecule has 84 valence electrons. The van der Waals surface area contributed by atoms with Crippen LogP contribution in [0.5, 0.6) is 0 Å². The maximum Gasteiger partial charge on any atom is 0.407 e. The van der Waals surface area contributed by atoms with E-state index in [2.05, 4.69) is 9.84 Å². The second-order valence-corrected chi connectivity index (χ2v) is 2.74. The lowest BCUT2D eigenvalue weighted by molar-refractivity contribution is -0.390. The number of nitrogens with zero attached hydrogens (tertiary/aromatic N) is 4. The minimum atomic E-state index is -0.778. The van der Waals surface area contributed by atoms with Gasteiger partial charge in [0.2, 0.25) is 0 Å². The molecule has 0 fully saturated rings. The van der Waals surface area contributed by atoms with E-state index < -0.39 is 16.7 Å². The van der Waals surface area contributed by atoms with E-state index in [1.54, 1.807) is 13.0 Å². The number of esters is 1. The number of nitriles is 1. The van der Waals surface area contributed by atoms with Gasteiger partial charge in [0.1, 0.15) is 6.07 Å². The SMILES string of the molecule is CCOC(=O)Cn1cc(C#N)c([N+](=O)[O-])n1. The van der Waals surface area contributed by atoms with Crippen molar-refractivity contribution in [3.63, 3.8) is 0 Å².